The van der Waals surface area contributed by atoms with Crippen LogP contribution in [0.5, 0.6) is 0 Å². The van der Waals surface area contributed by atoms with Crippen LogP contribution >= 0.6 is 0 Å². The summed E-state index contributed by atoms with van der Waals surface area (Å²) >= 11 is 0. The quantitative estimate of drug-likeness (QED) is 0.719. The summed E-state index contributed by atoms with van der Waals surface area (Å²) in [6.07, 6.45) is 4.67. The minimum Gasteiger partial charge on any atom is -0.325 e. The highest BCUT2D eigenvalue weighted by Crippen LogP contribution is 2.41. The SMILES string of the molecule is Cc1cc(CN)ncc1C1CC1. The highest BCUT2D eigenvalue weighted by atomic mass is 14.7. The molecule has 64 valence electrons. The van der Waals surface area contributed by atoms with Gasteiger partial charge in [0, 0.05) is 12.7 Å². The molecular formula is C10H14N2. The van der Waals surface area contributed by atoms with E-state index in [0.717, 1.165) is 11.6 Å². The van der Waals surface area contributed by atoms with E-state index in [1.807, 2.05) is 6.20 Å². The van der Waals surface area contributed by atoms with E-state index in [2.05, 4.69) is 18.0 Å². The first-order valence-electron chi connectivity index (χ1n) is 4.46. The monoisotopic (exact) mass is 162 g/mol. The summed E-state index contributed by atoms with van der Waals surface area (Å²) in [5.41, 5.74) is 9.27. The molecule has 1 aliphatic carbocycles. The van der Waals surface area contributed by atoms with E-state index < -0.39 is 0 Å². The third-order valence-electron chi connectivity index (χ3n) is 2.43. The molecule has 1 fully saturated rings. The summed E-state index contributed by atoms with van der Waals surface area (Å²) in [5.74, 6) is 0.796. The zero-order valence-corrected chi connectivity index (χ0v) is 7.38. The molecule has 0 bridgehead atoms. The Kier molecular flexibility index (Phi) is 1.85. The number of hydrogen-bond acceptors (Lipinski definition) is 2. The summed E-state index contributed by atoms with van der Waals surface area (Å²) in [4.78, 5) is 4.29. The third-order valence-corrected chi connectivity index (χ3v) is 2.43. The van der Waals surface area contributed by atoms with E-state index in [9.17, 15) is 0 Å². The number of nitrogens with two attached hydrogens (primary N) is 1. The molecule has 1 saturated carbocycles. The molecule has 0 amide bonds. The molecular weight excluding hydrogens is 148 g/mol. The lowest BCUT2D eigenvalue weighted by atomic mass is 10.1. The van der Waals surface area contributed by atoms with Crippen LogP contribution in [0, 0.1) is 6.92 Å². The summed E-state index contributed by atoms with van der Waals surface area (Å²) < 4.78 is 0. The van der Waals surface area contributed by atoms with E-state index in [-0.39, 0.29) is 0 Å². The number of rotatable bonds is 2. The molecule has 0 saturated heterocycles. The normalized spacial score (nSPS) is 16.5. The number of nitrogens with zero attached hydrogens (tertiary/aromatic N) is 1. The average molecular weight is 162 g/mol. The topological polar surface area (TPSA) is 38.9 Å². The molecule has 1 aliphatic rings. The molecule has 1 heterocycles. The van der Waals surface area contributed by atoms with Crippen LogP contribution in [-0.2, 0) is 6.54 Å². The number of aromatic nitrogens is 1. The van der Waals surface area contributed by atoms with Crippen molar-refractivity contribution in [3.8, 4) is 0 Å². The van der Waals surface area contributed by atoms with Crippen LogP contribution in [0.3, 0.4) is 0 Å². The lowest BCUT2D eigenvalue weighted by Gasteiger charge is -2.04. The van der Waals surface area contributed by atoms with Gasteiger partial charge in [-0.25, -0.2) is 0 Å². The van der Waals surface area contributed by atoms with Gasteiger partial charge < -0.3 is 5.73 Å². The average Bonchev–Trinajstić information content (AvgIpc) is 2.87. The van der Waals surface area contributed by atoms with Gasteiger partial charge in [-0.15, -0.1) is 0 Å². The molecule has 0 unspecified atom stereocenters. The maximum Gasteiger partial charge on any atom is 0.0542 e. The van der Waals surface area contributed by atoms with Crippen LogP contribution in [0.15, 0.2) is 12.3 Å². The summed E-state index contributed by atoms with van der Waals surface area (Å²) in [7, 11) is 0. The fourth-order valence-corrected chi connectivity index (χ4v) is 1.56. The Balaban J connectivity index is 2.32. The van der Waals surface area contributed by atoms with E-state index in [1.165, 1.54) is 24.0 Å². The van der Waals surface area contributed by atoms with Crippen LogP contribution < -0.4 is 5.73 Å². The van der Waals surface area contributed by atoms with Crippen LogP contribution in [0.2, 0.25) is 0 Å². The van der Waals surface area contributed by atoms with Gasteiger partial charge in [-0.1, -0.05) is 0 Å². The highest BCUT2D eigenvalue weighted by Gasteiger charge is 2.25. The molecule has 0 aromatic carbocycles. The molecule has 12 heavy (non-hydrogen) atoms. The Hall–Kier alpha value is -0.890. The Bertz CT molecular complexity index is 290. The van der Waals surface area contributed by atoms with E-state index in [4.69, 9.17) is 5.73 Å². The van der Waals surface area contributed by atoms with Crippen molar-refractivity contribution in [1.29, 1.82) is 0 Å². The van der Waals surface area contributed by atoms with Crippen LogP contribution in [-0.4, -0.2) is 4.98 Å². The fourth-order valence-electron chi connectivity index (χ4n) is 1.56. The molecule has 2 nitrogen and oxygen atoms in total. The van der Waals surface area contributed by atoms with Crippen LogP contribution in [0.25, 0.3) is 0 Å². The predicted molar refractivity (Wildman–Crippen MR) is 48.8 cm³/mol. The summed E-state index contributed by atoms with van der Waals surface area (Å²) in [6.45, 7) is 2.69. The van der Waals surface area contributed by atoms with Gasteiger partial charge in [0.05, 0.1) is 5.69 Å². The van der Waals surface area contributed by atoms with Crippen molar-refractivity contribution in [2.45, 2.75) is 32.2 Å². The first-order valence-corrected chi connectivity index (χ1v) is 4.46. The molecule has 0 radical (unpaired) electrons. The fraction of sp³-hybridized carbons (Fsp3) is 0.500. The van der Waals surface area contributed by atoms with Crippen LogP contribution in [0.1, 0.15) is 35.6 Å². The minimum atomic E-state index is 0.547. The van der Waals surface area contributed by atoms with Crippen molar-refractivity contribution in [2.75, 3.05) is 0 Å². The lowest BCUT2D eigenvalue weighted by Crippen LogP contribution is -2.01. The smallest absolute Gasteiger partial charge is 0.0542 e. The second-order valence-corrected chi connectivity index (χ2v) is 3.51. The van der Waals surface area contributed by atoms with E-state index in [0.29, 0.717) is 6.54 Å². The number of hydrogen-bond donors (Lipinski definition) is 1. The van der Waals surface area contributed by atoms with Crippen molar-refractivity contribution in [1.82, 2.24) is 4.98 Å². The second-order valence-electron chi connectivity index (χ2n) is 3.51. The number of aryl methyl sites for hydroxylation is 1. The molecule has 0 atom stereocenters. The molecule has 1 aromatic rings. The second kappa shape index (κ2) is 2.87. The van der Waals surface area contributed by atoms with Crippen molar-refractivity contribution < 1.29 is 0 Å². The van der Waals surface area contributed by atoms with E-state index in [1.54, 1.807) is 0 Å². The Labute approximate surface area is 72.8 Å². The van der Waals surface area contributed by atoms with Crippen molar-refractivity contribution in [3.63, 3.8) is 0 Å². The Morgan fingerprint density at radius 2 is 2.33 bits per heavy atom. The van der Waals surface area contributed by atoms with Gasteiger partial charge in [-0.3, -0.25) is 4.98 Å². The van der Waals surface area contributed by atoms with Gasteiger partial charge in [-0.2, -0.15) is 0 Å². The summed E-state index contributed by atoms with van der Waals surface area (Å²) in [6, 6.07) is 2.10. The standard InChI is InChI=1S/C10H14N2/c1-7-4-9(5-11)12-6-10(7)8-2-3-8/h4,6,8H,2-3,5,11H2,1H3. The zero-order chi connectivity index (χ0) is 8.55. The molecule has 2 rings (SSSR count). The molecule has 2 N–H and O–H groups in total. The van der Waals surface area contributed by atoms with E-state index >= 15 is 0 Å². The number of pyridine rings is 1. The first-order chi connectivity index (χ1) is 5.81. The molecule has 1 aromatic heterocycles. The van der Waals surface area contributed by atoms with Gasteiger partial charge in [-0.05, 0) is 42.9 Å². The minimum absolute atomic E-state index is 0.547. The third kappa shape index (κ3) is 1.34. The highest BCUT2D eigenvalue weighted by molar-refractivity contribution is 5.31. The summed E-state index contributed by atoms with van der Waals surface area (Å²) in [5, 5.41) is 0. The van der Waals surface area contributed by atoms with Gasteiger partial charge in [0.1, 0.15) is 0 Å². The Morgan fingerprint density at radius 3 is 2.83 bits per heavy atom. The van der Waals surface area contributed by atoms with Gasteiger partial charge in [0.15, 0.2) is 0 Å². The van der Waals surface area contributed by atoms with Crippen molar-refractivity contribution in [3.05, 3.63) is 29.1 Å². The van der Waals surface area contributed by atoms with Gasteiger partial charge in [0.2, 0.25) is 0 Å². The lowest BCUT2D eigenvalue weighted by molar-refractivity contribution is 0.956. The Morgan fingerprint density at radius 1 is 1.58 bits per heavy atom. The molecule has 0 aliphatic heterocycles. The zero-order valence-electron chi connectivity index (χ0n) is 7.38. The largest absolute Gasteiger partial charge is 0.325 e. The predicted octanol–water partition coefficient (Wildman–Crippen LogP) is 1.73. The maximum atomic E-state index is 5.50. The van der Waals surface area contributed by atoms with Crippen molar-refractivity contribution >= 4 is 0 Å². The van der Waals surface area contributed by atoms with Gasteiger partial charge >= 0.3 is 0 Å². The first kappa shape index (κ1) is 7.74. The maximum absolute atomic E-state index is 5.50. The van der Waals surface area contributed by atoms with Crippen molar-refractivity contribution in [2.24, 2.45) is 5.73 Å². The molecule has 2 heteroatoms. The van der Waals surface area contributed by atoms with Crippen LogP contribution in [0.4, 0.5) is 0 Å². The van der Waals surface area contributed by atoms with Gasteiger partial charge in [0.25, 0.3) is 0 Å². The molecule has 0 spiro atoms.